The lowest BCUT2D eigenvalue weighted by Gasteiger charge is -2.19. The molecule has 2 aromatic carbocycles. The molecule has 134 valence electrons. The predicted molar refractivity (Wildman–Crippen MR) is 102 cm³/mol. The van der Waals surface area contributed by atoms with Gasteiger partial charge in [0.05, 0.1) is 13.7 Å². The van der Waals surface area contributed by atoms with Crippen molar-refractivity contribution in [2.45, 2.75) is 32.9 Å². The summed E-state index contributed by atoms with van der Waals surface area (Å²) in [6.45, 7) is 5.26. The van der Waals surface area contributed by atoms with Crippen molar-refractivity contribution in [1.29, 1.82) is 0 Å². The van der Waals surface area contributed by atoms with E-state index in [9.17, 15) is 4.79 Å². The van der Waals surface area contributed by atoms with Crippen molar-refractivity contribution in [2.75, 3.05) is 20.7 Å². The fourth-order valence-corrected chi connectivity index (χ4v) is 2.88. The van der Waals surface area contributed by atoms with Crippen LogP contribution in [0.3, 0.4) is 0 Å². The summed E-state index contributed by atoms with van der Waals surface area (Å²) in [7, 11) is 3.61. The van der Waals surface area contributed by atoms with E-state index in [1.807, 2.05) is 55.3 Å². The molecule has 4 nitrogen and oxygen atoms in total. The van der Waals surface area contributed by atoms with Gasteiger partial charge in [0.25, 0.3) is 0 Å². The van der Waals surface area contributed by atoms with E-state index in [1.165, 1.54) is 11.1 Å². The quantitative estimate of drug-likeness (QED) is 0.802. The fraction of sp³-hybridized carbons (Fsp3) is 0.381. The maximum Gasteiger partial charge on any atom is 0.234 e. The molecule has 0 fully saturated rings. The van der Waals surface area contributed by atoms with E-state index in [1.54, 1.807) is 7.11 Å². The van der Waals surface area contributed by atoms with Crippen LogP contribution >= 0.6 is 0 Å². The van der Waals surface area contributed by atoms with Crippen LogP contribution < -0.4 is 10.1 Å². The summed E-state index contributed by atoms with van der Waals surface area (Å²) in [5.41, 5.74) is 3.70. The number of hydrogen-bond acceptors (Lipinski definition) is 3. The lowest BCUT2D eigenvalue weighted by Crippen LogP contribution is -2.40. The van der Waals surface area contributed by atoms with Crippen LogP contribution in [0, 0.1) is 6.92 Å². The van der Waals surface area contributed by atoms with Crippen LogP contribution in [0.15, 0.2) is 48.5 Å². The highest BCUT2D eigenvalue weighted by Crippen LogP contribution is 2.12. The van der Waals surface area contributed by atoms with Gasteiger partial charge >= 0.3 is 0 Å². The van der Waals surface area contributed by atoms with Crippen LogP contribution in [0.1, 0.15) is 23.6 Å². The van der Waals surface area contributed by atoms with Gasteiger partial charge < -0.3 is 10.1 Å². The highest BCUT2D eigenvalue weighted by Gasteiger charge is 2.12. The minimum Gasteiger partial charge on any atom is -0.497 e. The largest absolute Gasteiger partial charge is 0.497 e. The second-order valence-corrected chi connectivity index (χ2v) is 6.62. The van der Waals surface area contributed by atoms with E-state index in [0.29, 0.717) is 6.54 Å². The Morgan fingerprint density at radius 2 is 1.84 bits per heavy atom. The monoisotopic (exact) mass is 340 g/mol. The molecule has 4 heteroatoms. The number of carbonyl (C=O) groups excluding carboxylic acids is 1. The SMILES string of the molecule is COc1ccc(CN(C)CC(=O)N[C@@H](C)Cc2ccccc2C)cc1. The van der Waals surface area contributed by atoms with E-state index in [2.05, 4.69) is 24.4 Å². The predicted octanol–water partition coefficient (Wildman–Crippen LogP) is 3.18. The van der Waals surface area contributed by atoms with Crippen molar-refractivity contribution in [2.24, 2.45) is 0 Å². The highest BCUT2D eigenvalue weighted by atomic mass is 16.5. The van der Waals surface area contributed by atoms with Gasteiger partial charge in [-0.05, 0) is 56.1 Å². The van der Waals surface area contributed by atoms with Gasteiger partial charge in [0.1, 0.15) is 5.75 Å². The Kier molecular flexibility index (Phi) is 7.02. The minimum atomic E-state index is 0.0529. The Bertz CT molecular complexity index is 683. The molecular formula is C21H28N2O2. The number of ether oxygens (including phenoxy) is 1. The molecule has 0 saturated carbocycles. The summed E-state index contributed by atoms with van der Waals surface area (Å²) in [6.07, 6.45) is 0.848. The molecule has 0 heterocycles. The van der Waals surface area contributed by atoms with Crippen LogP contribution in [0.4, 0.5) is 0 Å². The third-order valence-corrected chi connectivity index (χ3v) is 4.22. The van der Waals surface area contributed by atoms with E-state index >= 15 is 0 Å². The topological polar surface area (TPSA) is 41.6 Å². The first-order valence-corrected chi connectivity index (χ1v) is 8.63. The first-order valence-electron chi connectivity index (χ1n) is 8.63. The molecule has 1 amide bonds. The average Bonchev–Trinajstić information content (AvgIpc) is 2.57. The highest BCUT2D eigenvalue weighted by molar-refractivity contribution is 5.78. The molecule has 0 aromatic heterocycles. The lowest BCUT2D eigenvalue weighted by atomic mass is 10.0. The van der Waals surface area contributed by atoms with Crippen LogP contribution in [0.5, 0.6) is 5.75 Å². The molecule has 0 aliphatic heterocycles. The standard InChI is InChI=1S/C21H28N2O2/c1-16-7-5-6-8-19(16)13-17(2)22-21(24)15-23(3)14-18-9-11-20(25-4)12-10-18/h5-12,17H,13-15H2,1-4H3,(H,22,24)/t17-/m0/s1. The molecule has 0 unspecified atom stereocenters. The number of methoxy groups -OCH3 is 1. The number of nitrogens with one attached hydrogen (secondary N) is 1. The first kappa shape index (κ1) is 19.0. The number of rotatable bonds is 8. The zero-order valence-electron chi connectivity index (χ0n) is 15.6. The molecule has 0 spiro atoms. The first-order chi connectivity index (χ1) is 12.0. The van der Waals surface area contributed by atoms with Crippen molar-refractivity contribution < 1.29 is 9.53 Å². The van der Waals surface area contributed by atoms with Gasteiger partial charge in [0.2, 0.25) is 5.91 Å². The van der Waals surface area contributed by atoms with E-state index < -0.39 is 0 Å². The Labute approximate surface area is 150 Å². The molecule has 0 saturated heterocycles. The third kappa shape index (κ3) is 6.24. The fourth-order valence-electron chi connectivity index (χ4n) is 2.88. The Morgan fingerprint density at radius 1 is 1.16 bits per heavy atom. The van der Waals surface area contributed by atoms with E-state index in [4.69, 9.17) is 4.74 Å². The van der Waals surface area contributed by atoms with Crippen molar-refractivity contribution >= 4 is 5.91 Å². The maximum atomic E-state index is 12.3. The van der Waals surface area contributed by atoms with Crippen LogP contribution in [0.2, 0.25) is 0 Å². The minimum absolute atomic E-state index is 0.0529. The summed E-state index contributed by atoms with van der Waals surface area (Å²) in [5.74, 6) is 0.895. The zero-order valence-corrected chi connectivity index (χ0v) is 15.6. The summed E-state index contributed by atoms with van der Waals surface area (Å²) in [4.78, 5) is 14.3. The van der Waals surface area contributed by atoms with Crippen LogP contribution in [0.25, 0.3) is 0 Å². The van der Waals surface area contributed by atoms with Crippen molar-refractivity contribution in [3.8, 4) is 5.75 Å². The van der Waals surface area contributed by atoms with E-state index in [-0.39, 0.29) is 11.9 Å². The second-order valence-electron chi connectivity index (χ2n) is 6.62. The lowest BCUT2D eigenvalue weighted by molar-refractivity contribution is -0.122. The summed E-state index contributed by atoms with van der Waals surface area (Å²) in [5, 5.41) is 3.09. The Hall–Kier alpha value is -2.33. The van der Waals surface area contributed by atoms with Crippen molar-refractivity contribution in [3.05, 3.63) is 65.2 Å². The normalized spacial score (nSPS) is 12.0. The third-order valence-electron chi connectivity index (χ3n) is 4.22. The van der Waals surface area contributed by atoms with Gasteiger partial charge in [0, 0.05) is 12.6 Å². The molecule has 0 aliphatic rings. The number of amides is 1. The molecule has 0 aliphatic carbocycles. The van der Waals surface area contributed by atoms with Gasteiger partial charge in [-0.25, -0.2) is 0 Å². The van der Waals surface area contributed by atoms with Crippen molar-refractivity contribution in [1.82, 2.24) is 10.2 Å². The van der Waals surface area contributed by atoms with E-state index in [0.717, 1.165) is 24.3 Å². The number of nitrogens with zero attached hydrogens (tertiary/aromatic N) is 1. The van der Waals surface area contributed by atoms with Crippen LogP contribution in [-0.2, 0) is 17.8 Å². The zero-order chi connectivity index (χ0) is 18.2. The molecule has 2 aromatic rings. The molecular weight excluding hydrogens is 312 g/mol. The molecule has 2 rings (SSSR count). The Balaban J connectivity index is 1.79. The molecule has 0 bridgehead atoms. The summed E-state index contributed by atoms with van der Waals surface area (Å²) < 4.78 is 5.16. The maximum absolute atomic E-state index is 12.3. The Morgan fingerprint density at radius 3 is 2.48 bits per heavy atom. The van der Waals surface area contributed by atoms with Gasteiger partial charge in [-0.1, -0.05) is 36.4 Å². The van der Waals surface area contributed by atoms with Gasteiger partial charge in [-0.3, -0.25) is 9.69 Å². The number of likely N-dealkylation sites (N-methyl/N-ethyl adjacent to an activating group) is 1. The van der Waals surface area contributed by atoms with Gasteiger partial charge in [-0.15, -0.1) is 0 Å². The molecule has 1 atom stereocenters. The van der Waals surface area contributed by atoms with Crippen molar-refractivity contribution in [3.63, 3.8) is 0 Å². The number of aryl methyl sites for hydroxylation is 1. The molecule has 25 heavy (non-hydrogen) atoms. The number of carbonyl (C=O) groups is 1. The van der Waals surface area contributed by atoms with Gasteiger partial charge in [0.15, 0.2) is 0 Å². The van der Waals surface area contributed by atoms with Crippen LogP contribution in [-0.4, -0.2) is 37.6 Å². The van der Waals surface area contributed by atoms with Gasteiger partial charge in [-0.2, -0.15) is 0 Å². The smallest absolute Gasteiger partial charge is 0.234 e. The second kappa shape index (κ2) is 9.23. The molecule has 0 radical (unpaired) electrons. The number of benzene rings is 2. The number of hydrogen-bond donors (Lipinski definition) is 1. The summed E-state index contributed by atoms with van der Waals surface area (Å²) in [6, 6.07) is 16.3. The average molecular weight is 340 g/mol. The molecule has 1 N–H and O–H groups in total. The summed E-state index contributed by atoms with van der Waals surface area (Å²) >= 11 is 0.